The van der Waals surface area contributed by atoms with Crippen LogP contribution in [0.15, 0.2) is 53.0 Å². The van der Waals surface area contributed by atoms with Crippen molar-refractivity contribution in [1.82, 2.24) is 0 Å². The Labute approximate surface area is 143 Å². The molecule has 0 aromatic heterocycles. The van der Waals surface area contributed by atoms with Crippen LogP contribution in [0.2, 0.25) is 0 Å². The van der Waals surface area contributed by atoms with Crippen molar-refractivity contribution >= 4 is 28.0 Å². The molecule has 0 aliphatic heterocycles. The van der Waals surface area contributed by atoms with Crippen LogP contribution in [-0.2, 0) is 16.1 Å². The third-order valence-corrected chi connectivity index (χ3v) is 3.64. The molecule has 120 valence electrons. The minimum Gasteiger partial charge on any atom is -0.493 e. The molecular formula is C18H17BrO4. The lowest BCUT2D eigenvalue weighted by Crippen LogP contribution is -1.98. The van der Waals surface area contributed by atoms with Crippen LogP contribution in [0.3, 0.4) is 0 Å². The monoisotopic (exact) mass is 376 g/mol. The quantitative estimate of drug-likeness (QED) is 0.559. The van der Waals surface area contributed by atoms with Crippen LogP contribution in [-0.4, -0.2) is 20.2 Å². The van der Waals surface area contributed by atoms with E-state index >= 15 is 0 Å². The summed E-state index contributed by atoms with van der Waals surface area (Å²) >= 11 is 3.40. The van der Waals surface area contributed by atoms with Crippen molar-refractivity contribution in [3.8, 4) is 11.5 Å². The molecule has 0 saturated heterocycles. The Hall–Kier alpha value is -2.27. The molecule has 2 rings (SSSR count). The summed E-state index contributed by atoms with van der Waals surface area (Å²) in [5, 5.41) is 0. The number of methoxy groups -OCH3 is 2. The molecule has 0 bridgehead atoms. The zero-order valence-electron chi connectivity index (χ0n) is 12.9. The van der Waals surface area contributed by atoms with Crippen LogP contribution < -0.4 is 9.47 Å². The summed E-state index contributed by atoms with van der Waals surface area (Å²) in [5.74, 6) is 0.845. The number of hydrogen-bond donors (Lipinski definition) is 0. The molecule has 0 aliphatic carbocycles. The third-order valence-electron chi connectivity index (χ3n) is 3.11. The van der Waals surface area contributed by atoms with Gasteiger partial charge in [0, 0.05) is 10.5 Å². The zero-order valence-corrected chi connectivity index (χ0v) is 14.5. The van der Waals surface area contributed by atoms with Gasteiger partial charge in [0.05, 0.1) is 14.2 Å². The van der Waals surface area contributed by atoms with Crippen molar-refractivity contribution in [2.75, 3.05) is 14.2 Å². The summed E-state index contributed by atoms with van der Waals surface area (Å²) in [7, 11) is 2.93. The second-order valence-corrected chi connectivity index (χ2v) is 5.60. The van der Waals surface area contributed by atoms with Crippen molar-refractivity contribution in [3.05, 3.63) is 64.1 Å². The highest BCUT2D eigenvalue weighted by Crippen LogP contribution is 2.29. The maximum absolute atomic E-state index is 11.2. The van der Waals surface area contributed by atoms with Gasteiger partial charge in [-0.1, -0.05) is 34.1 Å². The van der Waals surface area contributed by atoms with Gasteiger partial charge in [-0.25, -0.2) is 4.79 Å². The van der Waals surface area contributed by atoms with Crippen molar-refractivity contribution in [3.63, 3.8) is 0 Å². The van der Waals surface area contributed by atoms with Crippen LogP contribution >= 0.6 is 15.9 Å². The Balaban J connectivity index is 2.13. The fraction of sp³-hybridized carbons (Fsp3) is 0.167. The molecule has 0 radical (unpaired) electrons. The number of halogens is 1. The molecule has 2 aromatic carbocycles. The molecule has 0 atom stereocenters. The highest BCUT2D eigenvalue weighted by atomic mass is 79.9. The minimum absolute atomic E-state index is 0.404. The topological polar surface area (TPSA) is 44.8 Å². The molecule has 4 nitrogen and oxygen atoms in total. The Morgan fingerprint density at radius 1 is 1.09 bits per heavy atom. The van der Waals surface area contributed by atoms with Gasteiger partial charge in [0.25, 0.3) is 0 Å². The fourth-order valence-corrected chi connectivity index (χ4v) is 2.15. The molecule has 0 unspecified atom stereocenters. The Morgan fingerprint density at radius 2 is 1.83 bits per heavy atom. The third kappa shape index (κ3) is 5.14. The predicted octanol–water partition coefficient (Wildman–Crippen LogP) is 4.22. The molecule has 5 heteroatoms. The molecular weight excluding hydrogens is 360 g/mol. The van der Waals surface area contributed by atoms with Gasteiger partial charge in [-0.05, 0) is 41.5 Å². The molecule has 23 heavy (non-hydrogen) atoms. The number of ether oxygens (including phenoxy) is 3. The van der Waals surface area contributed by atoms with Crippen molar-refractivity contribution in [2.24, 2.45) is 0 Å². The number of benzene rings is 2. The molecule has 0 N–H and O–H groups in total. The Morgan fingerprint density at radius 3 is 2.48 bits per heavy atom. The first-order chi connectivity index (χ1) is 11.1. The van der Waals surface area contributed by atoms with E-state index in [0.29, 0.717) is 18.1 Å². The van der Waals surface area contributed by atoms with E-state index in [2.05, 4.69) is 20.7 Å². The van der Waals surface area contributed by atoms with Gasteiger partial charge in [0.15, 0.2) is 11.5 Å². The van der Waals surface area contributed by atoms with Crippen LogP contribution in [0, 0.1) is 0 Å². The average molecular weight is 377 g/mol. The normalized spacial score (nSPS) is 10.6. The van der Waals surface area contributed by atoms with Crippen LogP contribution in [0.25, 0.3) is 6.08 Å². The van der Waals surface area contributed by atoms with Crippen molar-refractivity contribution < 1.29 is 19.0 Å². The number of hydrogen-bond acceptors (Lipinski definition) is 4. The minimum atomic E-state index is -0.404. The van der Waals surface area contributed by atoms with Gasteiger partial charge in [0.1, 0.15) is 6.61 Å². The lowest BCUT2D eigenvalue weighted by molar-refractivity contribution is -0.134. The smallest absolute Gasteiger partial charge is 0.330 e. The fourth-order valence-electron chi connectivity index (χ4n) is 1.88. The maximum Gasteiger partial charge on any atom is 0.330 e. The first-order valence-corrected chi connectivity index (χ1v) is 7.73. The van der Waals surface area contributed by atoms with Gasteiger partial charge in [-0.3, -0.25) is 0 Å². The van der Waals surface area contributed by atoms with E-state index in [0.717, 1.165) is 15.6 Å². The molecule has 0 fully saturated rings. The number of carbonyl (C=O) groups excluding carboxylic acids is 1. The van der Waals surface area contributed by atoms with Gasteiger partial charge in [-0.15, -0.1) is 0 Å². The highest BCUT2D eigenvalue weighted by molar-refractivity contribution is 9.10. The second-order valence-electron chi connectivity index (χ2n) is 4.68. The number of rotatable bonds is 6. The molecule has 0 spiro atoms. The Kier molecular flexibility index (Phi) is 6.23. The number of carbonyl (C=O) groups is 1. The predicted molar refractivity (Wildman–Crippen MR) is 92.5 cm³/mol. The molecule has 0 heterocycles. The maximum atomic E-state index is 11.2. The van der Waals surface area contributed by atoms with E-state index in [1.54, 1.807) is 19.3 Å². The summed E-state index contributed by atoms with van der Waals surface area (Å²) in [6.07, 6.45) is 3.03. The van der Waals surface area contributed by atoms with Gasteiger partial charge in [-0.2, -0.15) is 0 Å². The van der Waals surface area contributed by atoms with E-state index in [1.165, 1.54) is 13.2 Å². The molecule has 0 aliphatic rings. The largest absolute Gasteiger partial charge is 0.493 e. The van der Waals surface area contributed by atoms with Crippen molar-refractivity contribution in [2.45, 2.75) is 6.61 Å². The van der Waals surface area contributed by atoms with Crippen LogP contribution in [0.1, 0.15) is 11.1 Å². The first-order valence-electron chi connectivity index (χ1n) is 6.93. The summed E-state index contributed by atoms with van der Waals surface area (Å²) in [5.41, 5.74) is 1.87. The first kappa shape index (κ1) is 17.1. The summed E-state index contributed by atoms with van der Waals surface area (Å²) in [6, 6.07) is 13.3. The van der Waals surface area contributed by atoms with E-state index in [-0.39, 0.29) is 0 Å². The molecule has 0 saturated carbocycles. The van der Waals surface area contributed by atoms with Gasteiger partial charge in [0.2, 0.25) is 0 Å². The lowest BCUT2D eigenvalue weighted by Gasteiger charge is -2.11. The van der Waals surface area contributed by atoms with E-state index in [1.807, 2.05) is 36.4 Å². The van der Waals surface area contributed by atoms with Gasteiger partial charge < -0.3 is 14.2 Å². The molecule has 0 amide bonds. The SMILES string of the molecule is COC(=O)/C=C/c1ccc(OC)c(OCc2ccc(Br)cc2)c1. The van der Waals surface area contributed by atoms with Crippen LogP contribution in [0.5, 0.6) is 11.5 Å². The highest BCUT2D eigenvalue weighted by Gasteiger charge is 2.06. The second kappa shape index (κ2) is 8.39. The van der Waals surface area contributed by atoms with Crippen LogP contribution in [0.4, 0.5) is 0 Å². The van der Waals surface area contributed by atoms with E-state index in [9.17, 15) is 4.79 Å². The summed E-state index contributed by atoms with van der Waals surface area (Å²) in [6.45, 7) is 0.424. The zero-order chi connectivity index (χ0) is 16.7. The van der Waals surface area contributed by atoms with E-state index in [4.69, 9.17) is 9.47 Å². The van der Waals surface area contributed by atoms with E-state index < -0.39 is 5.97 Å². The standard InChI is InChI=1S/C18H17BrO4/c1-21-16-9-5-13(6-10-18(20)22-2)11-17(16)23-12-14-3-7-15(19)8-4-14/h3-11H,12H2,1-2H3/b10-6+. The summed E-state index contributed by atoms with van der Waals surface area (Å²) < 4.78 is 16.7. The molecule has 2 aromatic rings. The van der Waals surface area contributed by atoms with Gasteiger partial charge >= 0.3 is 5.97 Å². The number of esters is 1. The average Bonchev–Trinajstić information content (AvgIpc) is 2.59. The lowest BCUT2D eigenvalue weighted by atomic mass is 10.2. The summed E-state index contributed by atoms with van der Waals surface area (Å²) in [4.78, 5) is 11.2. The van der Waals surface area contributed by atoms with Crippen molar-refractivity contribution in [1.29, 1.82) is 0 Å². The Bertz CT molecular complexity index is 693.